The average Bonchev–Trinajstić information content (AvgIpc) is 2.93. The number of rotatable bonds is 8. The van der Waals surface area contributed by atoms with Gasteiger partial charge in [0, 0.05) is 50.4 Å². The number of carbonyl (C=O) groups excluding carboxylic acids is 2. The number of pyridine rings is 1. The summed E-state index contributed by atoms with van der Waals surface area (Å²) in [6, 6.07) is 20.8. The van der Waals surface area contributed by atoms with Gasteiger partial charge in [-0.05, 0) is 44.2 Å². The maximum Gasteiger partial charge on any atom is 0.255 e. The van der Waals surface area contributed by atoms with Gasteiger partial charge in [-0.1, -0.05) is 60.7 Å². The molecule has 2 amide bonds. The maximum atomic E-state index is 13.4. The summed E-state index contributed by atoms with van der Waals surface area (Å²) in [5.74, 6) is -0.108. The van der Waals surface area contributed by atoms with Crippen molar-refractivity contribution < 1.29 is 14.7 Å². The first-order valence-corrected chi connectivity index (χ1v) is 13.3. The third-order valence-corrected chi connectivity index (χ3v) is 7.52. The number of benzene rings is 2. The number of hydrogen-bond acceptors (Lipinski definition) is 4. The lowest BCUT2D eigenvalue weighted by Gasteiger charge is -2.38. The molecule has 1 aromatic heterocycles. The van der Waals surface area contributed by atoms with Crippen molar-refractivity contribution in [3.05, 3.63) is 94.4 Å². The van der Waals surface area contributed by atoms with Crippen molar-refractivity contribution in [3.8, 4) is 11.1 Å². The molecule has 2 aromatic carbocycles. The normalized spacial score (nSPS) is 14.9. The zero-order chi connectivity index (χ0) is 27.3. The summed E-state index contributed by atoms with van der Waals surface area (Å²) in [5, 5.41) is 11.4. The van der Waals surface area contributed by atoms with Gasteiger partial charge in [0.1, 0.15) is 0 Å². The zero-order valence-electron chi connectivity index (χ0n) is 22.5. The van der Waals surface area contributed by atoms with E-state index in [0.717, 1.165) is 11.1 Å². The lowest BCUT2D eigenvalue weighted by Crippen LogP contribution is -2.49. The smallest absolute Gasteiger partial charge is 0.255 e. The van der Waals surface area contributed by atoms with E-state index in [0.29, 0.717) is 49.9 Å². The summed E-state index contributed by atoms with van der Waals surface area (Å²) >= 11 is 0. The van der Waals surface area contributed by atoms with Gasteiger partial charge in [0.15, 0.2) is 0 Å². The van der Waals surface area contributed by atoms with Crippen molar-refractivity contribution in [2.45, 2.75) is 57.7 Å². The van der Waals surface area contributed by atoms with E-state index in [9.17, 15) is 19.5 Å². The number of aryl methyl sites for hydroxylation is 1. The molecule has 3 aromatic rings. The van der Waals surface area contributed by atoms with E-state index in [1.165, 1.54) is 10.6 Å². The molecule has 1 aliphatic heterocycles. The van der Waals surface area contributed by atoms with Crippen molar-refractivity contribution in [3.63, 3.8) is 0 Å². The van der Waals surface area contributed by atoms with Crippen LogP contribution in [0.4, 0.5) is 0 Å². The first-order chi connectivity index (χ1) is 18.2. The van der Waals surface area contributed by atoms with E-state index in [1.54, 1.807) is 23.0 Å². The molecule has 38 heavy (non-hydrogen) atoms. The first kappa shape index (κ1) is 27.3. The van der Waals surface area contributed by atoms with Crippen LogP contribution < -0.4 is 5.56 Å². The molecule has 200 valence electrons. The molecule has 1 N–H and O–H groups in total. The Morgan fingerprint density at radius 3 is 2.21 bits per heavy atom. The van der Waals surface area contributed by atoms with Crippen LogP contribution in [0.1, 0.15) is 49.0 Å². The van der Waals surface area contributed by atoms with Gasteiger partial charge in [-0.15, -0.1) is 0 Å². The molecule has 2 heterocycles. The standard InChI is InChI=1S/C31H37N3O4/c1-23(2)32(3)30(37)27-21-34(29(36)20-26(27)25-12-8-5-9-13-25)22-31(38)16-18-33(19-17-31)28(35)15-14-24-10-6-4-7-11-24/h4-13,20-21,23,38H,14-19,22H2,1-3H3. The number of carbonyl (C=O) groups is 2. The van der Waals surface area contributed by atoms with Crippen molar-refractivity contribution >= 4 is 11.8 Å². The fourth-order valence-corrected chi connectivity index (χ4v) is 4.85. The number of aliphatic hydroxyl groups is 1. The molecular formula is C31H37N3O4. The highest BCUT2D eigenvalue weighted by molar-refractivity contribution is 6.00. The van der Waals surface area contributed by atoms with Gasteiger partial charge >= 0.3 is 0 Å². The van der Waals surface area contributed by atoms with Gasteiger partial charge in [0.05, 0.1) is 17.7 Å². The molecule has 0 atom stereocenters. The predicted molar refractivity (Wildman–Crippen MR) is 149 cm³/mol. The van der Waals surface area contributed by atoms with Gasteiger partial charge in [-0.25, -0.2) is 0 Å². The second-order valence-electron chi connectivity index (χ2n) is 10.5. The SMILES string of the molecule is CC(C)N(C)C(=O)c1cn(CC2(O)CCN(C(=O)CCc3ccccc3)CC2)c(=O)cc1-c1ccccc1. The number of aromatic nitrogens is 1. The van der Waals surface area contributed by atoms with Crippen LogP contribution in [0.15, 0.2) is 77.7 Å². The minimum Gasteiger partial charge on any atom is -0.388 e. The van der Waals surface area contributed by atoms with Gasteiger partial charge in [-0.3, -0.25) is 14.4 Å². The quantitative estimate of drug-likeness (QED) is 0.492. The highest BCUT2D eigenvalue weighted by Crippen LogP contribution is 2.27. The Kier molecular flexibility index (Phi) is 8.47. The highest BCUT2D eigenvalue weighted by atomic mass is 16.3. The molecule has 7 heteroatoms. The van der Waals surface area contributed by atoms with Crippen LogP contribution in [0.3, 0.4) is 0 Å². The number of likely N-dealkylation sites (tertiary alicyclic amines) is 1. The molecule has 0 unspecified atom stereocenters. The Morgan fingerprint density at radius 1 is 1.00 bits per heavy atom. The number of nitrogens with zero attached hydrogens (tertiary/aromatic N) is 3. The van der Waals surface area contributed by atoms with Crippen molar-refractivity contribution in [1.29, 1.82) is 0 Å². The van der Waals surface area contributed by atoms with Crippen LogP contribution in [0, 0.1) is 0 Å². The van der Waals surface area contributed by atoms with Crippen LogP contribution in [0.25, 0.3) is 11.1 Å². The lowest BCUT2D eigenvalue weighted by atomic mass is 9.90. The lowest BCUT2D eigenvalue weighted by molar-refractivity contribution is -0.135. The van der Waals surface area contributed by atoms with E-state index in [1.807, 2.05) is 74.5 Å². The fraction of sp³-hybridized carbons (Fsp3) is 0.387. The number of amides is 2. The molecule has 1 fully saturated rings. The third kappa shape index (κ3) is 6.40. The maximum absolute atomic E-state index is 13.4. The Hall–Kier alpha value is -3.71. The summed E-state index contributed by atoms with van der Waals surface area (Å²) in [6.45, 7) is 4.81. The van der Waals surface area contributed by atoms with Crippen LogP contribution in [0.2, 0.25) is 0 Å². The van der Waals surface area contributed by atoms with Crippen LogP contribution in [-0.4, -0.2) is 63.1 Å². The van der Waals surface area contributed by atoms with Crippen molar-refractivity contribution in [2.75, 3.05) is 20.1 Å². The van der Waals surface area contributed by atoms with Gasteiger partial charge in [0.25, 0.3) is 11.5 Å². The second kappa shape index (κ2) is 11.8. The molecule has 0 saturated carbocycles. The van der Waals surface area contributed by atoms with Gasteiger partial charge in [-0.2, -0.15) is 0 Å². The Balaban J connectivity index is 1.50. The van der Waals surface area contributed by atoms with E-state index < -0.39 is 5.60 Å². The fourth-order valence-electron chi connectivity index (χ4n) is 4.85. The highest BCUT2D eigenvalue weighted by Gasteiger charge is 2.35. The van der Waals surface area contributed by atoms with Crippen LogP contribution >= 0.6 is 0 Å². The average molecular weight is 516 g/mol. The van der Waals surface area contributed by atoms with Crippen molar-refractivity contribution in [2.24, 2.45) is 0 Å². The summed E-state index contributed by atoms with van der Waals surface area (Å²) in [5.41, 5.74) is 1.50. The summed E-state index contributed by atoms with van der Waals surface area (Å²) in [6.07, 6.45) is 3.43. The molecule has 0 bridgehead atoms. The first-order valence-electron chi connectivity index (χ1n) is 13.3. The van der Waals surface area contributed by atoms with Crippen molar-refractivity contribution in [1.82, 2.24) is 14.4 Å². The number of piperidine rings is 1. The second-order valence-corrected chi connectivity index (χ2v) is 10.5. The molecule has 0 aliphatic carbocycles. The molecule has 7 nitrogen and oxygen atoms in total. The van der Waals surface area contributed by atoms with Crippen LogP contribution in [-0.2, 0) is 17.8 Å². The summed E-state index contributed by atoms with van der Waals surface area (Å²) in [7, 11) is 1.75. The third-order valence-electron chi connectivity index (χ3n) is 7.52. The van der Waals surface area contributed by atoms with E-state index >= 15 is 0 Å². The molecule has 1 aliphatic rings. The summed E-state index contributed by atoms with van der Waals surface area (Å²) in [4.78, 5) is 42.8. The molecule has 0 radical (unpaired) electrons. The monoisotopic (exact) mass is 515 g/mol. The zero-order valence-corrected chi connectivity index (χ0v) is 22.5. The topological polar surface area (TPSA) is 82.8 Å². The summed E-state index contributed by atoms with van der Waals surface area (Å²) < 4.78 is 1.45. The minimum absolute atomic E-state index is 0.0144. The van der Waals surface area contributed by atoms with Gasteiger partial charge in [0.2, 0.25) is 5.91 Å². The predicted octanol–water partition coefficient (Wildman–Crippen LogP) is 3.98. The van der Waals surface area contributed by atoms with E-state index in [2.05, 4.69) is 0 Å². The molecule has 1 saturated heterocycles. The van der Waals surface area contributed by atoms with E-state index in [-0.39, 0.29) is 30.0 Å². The van der Waals surface area contributed by atoms with E-state index in [4.69, 9.17) is 0 Å². The Morgan fingerprint density at radius 2 is 1.61 bits per heavy atom. The molecule has 0 spiro atoms. The molecular weight excluding hydrogens is 478 g/mol. The Bertz CT molecular complexity index is 1310. The number of hydrogen-bond donors (Lipinski definition) is 1. The largest absolute Gasteiger partial charge is 0.388 e. The molecule has 4 rings (SSSR count). The Labute approximate surface area is 224 Å². The van der Waals surface area contributed by atoms with Gasteiger partial charge < -0.3 is 19.5 Å². The van der Waals surface area contributed by atoms with Crippen LogP contribution in [0.5, 0.6) is 0 Å². The minimum atomic E-state index is -1.14.